The van der Waals surface area contributed by atoms with Crippen LogP contribution in [-0.4, -0.2) is 24.1 Å². The number of hydrogen-bond donors (Lipinski definition) is 1. The quantitative estimate of drug-likeness (QED) is 0.831. The van der Waals surface area contributed by atoms with Crippen LogP contribution < -0.4 is 10.6 Å². The van der Waals surface area contributed by atoms with E-state index in [0.29, 0.717) is 11.7 Å². The zero-order valence-electron chi connectivity index (χ0n) is 9.56. The van der Waals surface area contributed by atoms with Gasteiger partial charge in [0.25, 0.3) is 0 Å². The van der Waals surface area contributed by atoms with E-state index >= 15 is 0 Å². The summed E-state index contributed by atoms with van der Waals surface area (Å²) in [6.07, 6.45) is 3.68. The number of aromatic nitrogens is 1. The van der Waals surface area contributed by atoms with Crippen molar-refractivity contribution in [1.29, 1.82) is 0 Å². The second-order valence-electron chi connectivity index (χ2n) is 4.49. The van der Waals surface area contributed by atoms with Gasteiger partial charge in [0, 0.05) is 25.3 Å². The first-order valence-electron chi connectivity index (χ1n) is 5.79. The Morgan fingerprint density at radius 3 is 2.75 bits per heavy atom. The summed E-state index contributed by atoms with van der Waals surface area (Å²) in [5.74, 6) is 0.801. The number of pyridine rings is 1. The smallest absolute Gasteiger partial charge is 0.165 e. The Labute approximate surface area is 95.5 Å². The number of halogens is 1. The number of hydrogen-bond acceptors (Lipinski definition) is 3. The van der Waals surface area contributed by atoms with Gasteiger partial charge in [-0.3, -0.25) is 0 Å². The second-order valence-corrected chi connectivity index (χ2v) is 4.49. The third-order valence-electron chi connectivity index (χ3n) is 3.32. The molecule has 0 aromatic carbocycles. The van der Waals surface area contributed by atoms with Crippen LogP contribution in [0.1, 0.15) is 19.8 Å². The first kappa shape index (κ1) is 11.3. The molecule has 2 N–H and O–H groups in total. The minimum Gasteiger partial charge on any atom is -0.354 e. The van der Waals surface area contributed by atoms with Crippen molar-refractivity contribution in [2.24, 2.45) is 11.7 Å². The molecule has 1 aromatic rings. The highest BCUT2D eigenvalue weighted by atomic mass is 19.1. The lowest BCUT2D eigenvalue weighted by atomic mass is 9.91. The van der Waals surface area contributed by atoms with Gasteiger partial charge in [0.2, 0.25) is 0 Å². The summed E-state index contributed by atoms with van der Waals surface area (Å²) in [6, 6.07) is 3.31. The molecule has 1 aliphatic heterocycles. The Morgan fingerprint density at radius 2 is 2.19 bits per heavy atom. The van der Waals surface area contributed by atoms with Crippen LogP contribution >= 0.6 is 0 Å². The standard InChI is InChI=1S/C12H18FN3/c1-9(14)10-4-7-16(8-5-10)12-11(13)3-2-6-15-12/h2-3,6,9-10H,4-5,7-8,14H2,1H3. The van der Waals surface area contributed by atoms with Gasteiger partial charge in [0.05, 0.1) is 0 Å². The average Bonchev–Trinajstić information content (AvgIpc) is 2.30. The van der Waals surface area contributed by atoms with Gasteiger partial charge >= 0.3 is 0 Å². The zero-order valence-corrected chi connectivity index (χ0v) is 9.56. The summed E-state index contributed by atoms with van der Waals surface area (Å²) >= 11 is 0. The highest BCUT2D eigenvalue weighted by molar-refractivity contribution is 5.39. The Morgan fingerprint density at radius 1 is 1.50 bits per heavy atom. The summed E-state index contributed by atoms with van der Waals surface area (Å²) in [5, 5.41) is 0. The van der Waals surface area contributed by atoms with Gasteiger partial charge in [-0.05, 0) is 37.8 Å². The van der Waals surface area contributed by atoms with Gasteiger partial charge in [-0.25, -0.2) is 9.37 Å². The first-order valence-corrected chi connectivity index (χ1v) is 5.79. The van der Waals surface area contributed by atoms with Crippen LogP contribution in [0.3, 0.4) is 0 Å². The Kier molecular flexibility index (Phi) is 3.39. The van der Waals surface area contributed by atoms with Gasteiger partial charge in [-0.1, -0.05) is 0 Å². The lowest BCUT2D eigenvalue weighted by molar-refractivity contribution is 0.352. The molecule has 1 aromatic heterocycles. The molecule has 2 heterocycles. The van der Waals surface area contributed by atoms with Crippen molar-refractivity contribution in [2.75, 3.05) is 18.0 Å². The van der Waals surface area contributed by atoms with Crippen molar-refractivity contribution in [3.05, 3.63) is 24.1 Å². The largest absolute Gasteiger partial charge is 0.354 e. The molecular weight excluding hydrogens is 205 g/mol. The fourth-order valence-corrected chi connectivity index (χ4v) is 2.25. The SMILES string of the molecule is CC(N)C1CCN(c2ncccc2F)CC1. The fourth-order valence-electron chi connectivity index (χ4n) is 2.25. The monoisotopic (exact) mass is 223 g/mol. The van der Waals surface area contributed by atoms with Crippen molar-refractivity contribution < 1.29 is 4.39 Å². The van der Waals surface area contributed by atoms with E-state index < -0.39 is 0 Å². The molecule has 1 atom stereocenters. The van der Waals surface area contributed by atoms with Crippen LogP contribution in [0.4, 0.5) is 10.2 Å². The number of nitrogens with two attached hydrogens (primary N) is 1. The third kappa shape index (κ3) is 2.32. The van der Waals surface area contributed by atoms with Crippen molar-refractivity contribution in [2.45, 2.75) is 25.8 Å². The van der Waals surface area contributed by atoms with E-state index in [-0.39, 0.29) is 11.9 Å². The molecule has 1 fully saturated rings. The Bertz CT molecular complexity index is 346. The molecule has 4 heteroatoms. The molecule has 0 amide bonds. The third-order valence-corrected chi connectivity index (χ3v) is 3.32. The summed E-state index contributed by atoms with van der Waals surface area (Å²) in [6.45, 7) is 3.74. The van der Waals surface area contributed by atoms with Gasteiger partial charge in [0.15, 0.2) is 11.6 Å². The maximum atomic E-state index is 13.5. The number of nitrogens with zero attached hydrogens (tertiary/aromatic N) is 2. The normalized spacial score (nSPS) is 19.8. The summed E-state index contributed by atoms with van der Waals surface area (Å²) < 4.78 is 13.5. The van der Waals surface area contributed by atoms with E-state index in [4.69, 9.17) is 5.73 Å². The fraction of sp³-hybridized carbons (Fsp3) is 0.583. The lowest BCUT2D eigenvalue weighted by Crippen LogP contribution is -2.40. The van der Waals surface area contributed by atoms with Gasteiger partial charge in [0.1, 0.15) is 0 Å². The van der Waals surface area contributed by atoms with Gasteiger partial charge in [-0.2, -0.15) is 0 Å². The molecule has 0 aliphatic carbocycles. The molecule has 3 nitrogen and oxygen atoms in total. The highest BCUT2D eigenvalue weighted by Gasteiger charge is 2.23. The Hall–Kier alpha value is -1.16. The van der Waals surface area contributed by atoms with E-state index in [2.05, 4.69) is 4.98 Å². The summed E-state index contributed by atoms with van der Waals surface area (Å²) in [5.41, 5.74) is 5.87. The molecule has 88 valence electrons. The van der Waals surface area contributed by atoms with E-state index in [1.54, 1.807) is 12.3 Å². The molecule has 0 radical (unpaired) electrons. The maximum Gasteiger partial charge on any atom is 0.165 e. The molecule has 0 bridgehead atoms. The maximum absolute atomic E-state index is 13.5. The van der Waals surface area contributed by atoms with E-state index in [9.17, 15) is 4.39 Å². The molecule has 1 unspecified atom stereocenters. The van der Waals surface area contributed by atoms with E-state index in [1.807, 2.05) is 11.8 Å². The molecule has 1 saturated heterocycles. The number of rotatable bonds is 2. The van der Waals surface area contributed by atoms with Crippen LogP contribution in [0.25, 0.3) is 0 Å². The van der Waals surface area contributed by atoms with Crippen LogP contribution in [0.5, 0.6) is 0 Å². The van der Waals surface area contributed by atoms with E-state index in [1.165, 1.54) is 6.07 Å². The van der Waals surface area contributed by atoms with Crippen LogP contribution in [0.15, 0.2) is 18.3 Å². The minimum atomic E-state index is -0.234. The molecule has 1 aliphatic rings. The topological polar surface area (TPSA) is 42.1 Å². The van der Waals surface area contributed by atoms with Crippen LogP contribution in [0, 0.1) is 11.7 Å². The van der Waals surface area contributed by atoms with Gasteiger partial charge < -0.3 is 10.6 Å². The Balaban J connectivity index is 2.02. The lowest BCUT2D eigenvalue weighted by Gasteiger charge is -2.34. The molecule has 2 rings (SSSR count). The van der Waals surface area contributed by atoms with Crippen molar-refractivity contribution in [3.63, 3.8) is 0 Å². The van der Waals surface area contributed by atoms with Crippen LogP contribution in [-0.2, 0) is 0 Å². The summed E-state index contributed by atoms with van der Waals surface area (Å²) in [4.78, 5) is 6.10. The molecule has 0 saturated carbocycles. The van der Waals surface area contributed by atoms with Crippen LogP contribution in [0.2, 0.25) is 0 Å². The van der Waals surface area contributed by atoms with Crippen molar-refractivity contribution in [3.8, 4) is 0 Å². The molecule has 0 spiro atoms. The summed E-state index contributed by atoms with van der Waals surface area (Å²) in [7, 11) is 0. The first-order chi connectivity index (χ1) is 7.68. The molecule has 16 heavy (non-hydrogen) atoms. The van der Waals surface area contributed by atoms with Crippen molar-refractivity contribution in [1.82, 2.24) is 4.98 Å². The predicted molar refractivity (Wildman–Crippen MR) is 62.8 cm³/mol. The number of anilines is 1. The highest BCUT2D eigenvalue weighted by Crippen LogP contribution is 2.24. The molecular formula is C12H18FN3. The van der Waals surface area contributed by atoms with Crippen molar-refractivity contribution >= 4 is 5.82 Å². The average molecular weight is 223 g/mol. The predicted octanol–water partition coefficient (Wildman–Crippen LogP) is 1.78. The zero-order chi connectivity index (χ0) is 11.5. The van der Waals surface area contributed by atoms with Gasteiger partial charge in [-0.15, -0.1) is 0 Å². The van der Waals surface area contributed by atoms with E-state index in [0.717, 1.165) is 25.9 Å². The number of piperidine rings is 1. The minimum absolute atomic E-state index is 0.232. The second kappa shape index (κ2) is 4.78.